The molecule has 0 amide bonds. The van der Waals surface area contributed by atoms with Gasteiger partial charge >= 0.3 is 0 Å². The Morgan fingerprint density at radius 3 is 2.26 bits per heavy atom. The van der Waals surface area contributed by atoms with E-state index in [-0.39, 0.29) is 11.1 Å². The van der Waals surface area contributed by atoms with Crippen LogP contribution in [-0.4, -0.2) is 28.1 Å². The van der Waals surface area contributed by atoms with Crippen LogP contribution in [0.5, 0.6) is 5.75 Å². The van der Waals surface area contributed by atoms with Crippen LogP contribution >= 0.6 is 0 Å². The Balaban J connectivity index is 2.54. The molecule has 1 unspecified atom stereocenters. The summed E-state index contributed by atoms with van der Waals surface area (Å²) >= 11 is 0. The van der Waals surface area contributed by atoms with E-state index in [4.69, 9.17) is 20.3 Å². The van der Waals surface area contributed by atoms with Crippen LogP contribution in [-0.2, 0) is 15.8 Å². The Kier molecular flexibility index (Phi) is 7.33. The van der Waals surface area contributed by atoms with Crippen molar-refractivity contribution in [2.24, 2.45) is 0 Å². The minimum absolute atomic E-state index is 0.0425. The molecule has 3 nitrogen and oxygen atoms in total. The van der Waals surface area contributed by atoms with Gasteiger partial charge in [0.05, 0.1) is 26.4 Å². The average Bonchev–Trinajstić information content (AvgIpc) is 2.46. The second kappa shape index (κ2) is 8.54. The molecule has 4 heteroatoms. The first-order valence-corrected chi connectivity index (χ1v) is 10.9. The quantitative estimate of drug-likeness (QED) is 0.512. The highest BCUT2D eigenvalue weighted by Gasteiger charge is 2.39. The van der Waals surface area contributed by atoms with Crippen LogP contribution in [0.4, 0.5) is 0 Å². The summed E-state index contributed by atoms with van der Waals surface area (Å²) in [6.07, 6.45) is 6.02. The van der Waals surface area contributed by atoms with Crippen molar-refractivity contribution < 1.29 is 13.9 Å². The SMILES string of the molecule is C#CCC(COCc1ccc(OC)cc1)O[Si](C)(C)C(C)(C)C. The summed E-state index contributed by atoms with van der Waals surface area (Å²) in [7, 11) is -0.178. The molecule has 1 atom stereocenters. The van der Waals surface area contributed by atoms with Crippen molar-refractivity contribution in [3.8, 4) is 18.1 Å². The lowest BCUT2D eigenvalue weighted by Gasteiger charge is -2.38. The van der Waals surface area contributed by atoms with E-state index in [0.29, 0.717) is 19.6 Å². The van der Waals surface area contributed by atoms with Crippen molar-refractivity contribution >= 4 is 8.32 Å². The molecule has 1 aromatic carbocycles. The monoisotopic (exact) mass is 334 g/mol. The average molecular weight is 335 g/mol. The molecule has 0 aliphatic rings. The maximum Gasteiger partial charge on any atom is 0.192 e. The van der Waals surface area contributed by atoms with E-state index >= 15 is 0 Å². The highest BCUT2D eigenvalue weighted by molar-refractivity contribution is 6.74. The van der Waals surface area contributed by atoms with Gasteiger partial charge in [0.1, 0.15) is 5.75 Å². The Bertz CT molecular complexity index is 509. The predicted octanol–water partition coefficient (Wildman–Crippen LogP) is 4.63. The summed E-state index contributed by atoms with van der Waals surface area (Å²) < 4.78 is 17.3. The van der Waals surface area contributed by atoms with Crippen LogP contribution in [0.2, 0.25) is 18.1 Å². The Hall–Kier alpha value is -1.28. The molecule has 0 fully saturated rings. The number of ether oxygens (including phenoxy) is 2. The van der Waals surface area contributed by atoms with Gasteiger partial charge in [-0.25, -0.2) is 0 Å². The number of methoxy groups -OCH3 is 1. The number of hydrogen-bond acceptors (Lipinski definition) is 3. The summed E-state index contributed by atoms with van der Waals surface area (Å²) in [5, 5.41) is 0.163. The third-order valence-electron chi connectivity index (χ3n) is 4.34. The molecule has 1 rings (SSSR count). The van der Waals surface area contributed by atoms with Crippen molar-refractivity contribution in [3.63, 3.8) is 0 Å². The second-order valence-corrected chi connectivity index (χ2v) is 12.0. The van der Waals surface area contributed by atoms with Crippen LogP contribution in [0.3, 0.4) is 0 Å². The van der Waals surface area contributed by atoms with E-state index in [1.807, 2.05) is 24.3 Å². The van der Waals surface area contributed by atoms with Crippen molar-refractivity contribution in [1.82, 2.24) is 0 Å². The fourth-order valence-corrected chi connectivity index (χ4v) is 3.23. The molecule has 128 valence electrons. The molecule has 0 radical (unpaired) electrons. The van der Waals surface area contributed by atoms with Gasteiger partial charge in [0, 0.05) is 6.42 Å². The molecule has 0 aliphatic carbocycles. The van der Waals surface area contributed by atoms with Gasteiger partial charge in [-0.05, 0) is 35.8 Å². The van der Waals surface area contributed by atoms with Gasteiger partial charge in [0.2, 0.25) is 0 Å². The van der Waals surface area contributed by atoms with Crippen molar-refractivity contribution in [2.75, 3.05) is 13.7 Å². The smallest absolute Gasteiger partial charge is 0.192 e. The highest BCUT2D eigenvalue weighted by atomic mass is 28.4. The van der Waals surface area contributed by atoms with Gasteiger partial charge in [0.25, 0.3) is 0 Å². The van der Waals surface area contributed by atoms with Crippen LogP contribution in [0.1, 0.15) is 32.8 Å². The number of terminal acetylenes is 1. The summed E-state index contributed by atoms with van der Waals surface area (Å²) in [6, 6.07) is 7.88. The van der Waals surface area contributed by atoms with Crippen molar-refractivity contribution in [2.45, 2.75) is 58.0 Å². The Morgan fingerprint density at radius 1 is 1.17 bits per heavy atom. The Labute approximate surface area is 142 Å². The van der Waals surface area contributed by atoms with E-state index in [2.05, 4.69) is 39.8 Å². The van der Waals surface area contributed by atoms with Crippen LogP contribution in [0.25, 0.3) is 0 Å². The maximum absolute atomic E-state index is 6.37. The van der Waals surface area contributed by atoms with Gasteiger partial charge in [-0.3, -0.25) is 0 Å². The fourth-order valence-electron chi connectivity index (χ4n) is 1.89. The third kappa shape index (κ3) is 6.38. The minimum atomic E-state index is -1.84. The molecule has 0 bridgehead atoms. The van der Waals surface area contributed by atoms with E-state index in [1.54, 1.807) is 7.11 Å². The molecule has 0 spiro atoms. The van der Waals surface area contributed by atoms with Crippen LogP contribution in [0, 0.1) is 12.3 Å². The van der Waals surface area contributed by atoms with Crippen molar-refractivity contribution in [1.29, 1.82) is 0 Å². The van der Waals surface area contributed by atoms with Gasteiger partial charge in [0.15, 0.2) is 8.32 Å². The minimum Gasteiger partial charge on any atom is -0.497 e. The van der Waals surface area contributed by atoms with Crippen molar-refractivity contribution in [3.05, 3.63) is 29.8 Å². The lowest BCUT2D eigenvalue weighted by Crippen LogP contribution is -2.45. The van der Waals surface area contributed by atoms with Gasteiger partial charge in [-0.1, -0.05) is 32.9 Å². The second-order valence-electron chi connectivity index (χ2n) is 7.27. The third-order valence-corrected chi connectivity index (χ3v) is 8.88. The first-order valence-electron chi connectivity index (χ1n) is 8.01. The topological polar surface area (TPSA) is 27.7 Å². The van der Waals surface area contributed by atoms with E-state index in [1.165, 1.54) is 0 Å². The summed E-state index contributed by atoms with van der Waals surface area (Å²) in [5.74, 6) is 3.55. The van der Waals surface area contributed by atoms with Gasteiger partial charge in [-0.15, -0.1) is 12.3 Å². The first kappa shape index (κ1) is 19.8. The lowest BCUT2D eigenvalue weighted by molar-refractivity contribution is 0.0368. The zero-order valence-electron chi connectivity index (χ0n) is 15.3. The maximum atomic E-state index is 6.37. The first-order chi connectivity index (χ1) is 10.7. The number of benzene rings is 1. The molecule has 0 heterocycles. The molecular formula is C19H30O3Si. The largest absolute Gasteiger partial charge is 0.497 e. The molecule has 0 aromatic heterocycles. The zero-order valence-corrected chi connectivity index (χ0v) is 16.3. The fraction of sp³-hybridized carbons (Fsp3) is 0.579. The molecular weight excluding hydrogens is 304 g/mol. The normalized spacial score (nSPS) is 13.4. The standard InChI is InChI=1S/C19H30O3Si/c1-8-9-18(22-23(6,7)19(2,3)4)15-21-14-16-10-12-17(20-5)13-11-16/h1,10-13,18H,9,14-15H2,2-7H3. The summed E-state index contributed by atoms with van der Waals surface area (Å²) in [4.78, 5) is 0. The van der Waals surface area contributed by atoms with Crippen LogP contribution < -0.4 is 4.74 Å². The highest BCUT2D eigenvalue weighted by Crippen LogP contribution is 2.37. The summed E-state index contributed by atoms with van der Waals surface area (Å²) in [5.41, 5.74) is 1.11. The van der Waals surface area contributed by atoms with Gasteiger partial charge in [-0.2, -0.15) is 0 Å². The molecule has 0 aliphatic heterocycles. The van der Waals surface area contributed by atoms with E-state index in [9.17, 15) is 0 Å². The molecule has 0 saturated heterocycles. The molecule has 0 saturated carbocycles. The number of rotatable bonds is 8. The van der Waals surface area contributed by atoms with Gasteiger partial charge < -0.3 is 13.9 Å². The number of hydrogen-bond donors (Lipinski definition) is 0. The zero-order chi connectivity index (χ0) is 17.5. The Morgan fingerprint density at radius 2 is 1.78 bits per heavy atom. The molecule has 1 aromatic rings. The van der Waals surface area contributed by atoms with E-state index < -0.39 is 8.32 Å². The van der Waals surface area contributed by atoms with E-state index in [0.717, 1.165) is 11.3 Å². The lowest BCUT2D eigenvalue weighted by atomic mass is 10.2. The summed E-state index contributed by atoms with van der Waals surface area (Å²) in [6.45, 7) is 12.2. The van der Waals surface area contributed by atoms with Crippen LogP contribution in [0.15, 0.2) is 24.3 Å². The predicted molar refractivity (Wildman–Crippen MR) is 98.2 cm³/mol. The molecule has 23 heavy (non-hydrogen) atoms. The molecule has 0 N–H and O–H groups in total.